The summed E-state index contributed by atoms with van der Waals surface area (Å²) in [5.74, 6) is -0.752. The van der Waals surface area contributed by atoms with Crippen LogP contribution in [0.2, 0.25) is 0 Å². The quantitative estimate of drug-likeness (QED) is 0.702. The fourth-order valence-corrected chi connectivity index (χ4v) is 1.66. The summed E-state index contributed by atoms with van der Waals surface area (Å²) in [5.41, 5.74) is -0.397. The molecule has 96 valence electrons. The van der Waals surface area contributed by atoms with Gasteiger partial charge in [0.15, 0.2) is 0 Å². The molecule has 0 spiro atoms. The molecule has 0 aliphatic rings. The summed E-state index contributed by atoms with van der Waals surface area (Å²) in [6.07, 6.45) is -4.44. The predicted molar refractivity (Wildman–Crippen MR) is 61.6 cm³/mol. The maximum atomic E-state index is 13.4. The van der Waals surface area contributed by atoms with E-state index < -0.39 is 17.6 Å². The summed E-state index contributed by atoms with van der Waals surface area (Å²) in [6, 6.07) is 9.96. The van der Waals surface area contributed by atoms with Gasteiger partial charge in [0, 0.05) is 0 Å². The third kappa shape index (κ3) is 2.74. The number of hydrogen-bond acceptors (Lipinski definition) is 1. The second-order valence-electron chi connectivity index (χ2n) is 3.88. The molecule has 1 nitrogen and oxygen atoms in total. The van der Waals surface area contributed by atoms with Gasteiger partial charge in [-0.1, -0.05) is 18.2 Å². The minimum Gasteiger partial charge on any atom is -0.206 e. The Morgan fingerprint density at radius 1 is 0.947 bits per heavy atom. The molecule has 19 heavy (non-hydrogen) atoms. The number of benzene rings is 2. The molecule has 0 aliphatic heterocycles. The van der Waals surface area contributed by atoms with Crippen LogP contribution in [0.3, 0.4) is 0 Å². The summed E-state index contributed by atoms with van der Waals surface area (Å²) in [4.78, 5) is 0. The largest absolute Gasteiger partial charge is 0.416 e. The molecule has 2 aromatic carbocycles. The van der Waals surface area contributed by atoms with Crippen molar-refractivity contribution in [3.8, 4) is 17.2 Å². The molecule has 0 aliphatic carbocycles. The Kier molecular flexibility index (Phi) is 3.26. The van der Waals surface area contributed by atoms with Crippen LogP contribution in [-0.4, -0.2) is 0 Å². The highest BCUT2D eigenvalue weighted by atomic mass is 19.4. The monoisotopic (exact) mass is 265 g/mol. The molecule has 0 heterocycles. The Bertz CT molecular complexity index is 653. The number of nitriles is 1. The lowest BCUT2D eigenvalue weighted by Gasteiger charge is -2.09. The van der Waals surface area contributed by atoms with Crippen LogP contribution in [0, 0.1) is 17.1 Å². The lowest BCUT2D eigenvalue weighted by Crippen LogP contribution is -2.04. The first kappa shape index (κ1) is 13.1. The van der Waals surface area contributed by atoms with Gasteiger partial charge in [-0.05, 0) is 35.4 Å². The second kappa shape index (κ2) is 4.73. The van der Waals surface area contributed by atoms with Crippen LogP contribution in [0.1, 0.15) is 11.1 Å². The number of rotatable bonds is 1. The maximum Gasteiger partial charge on any atom is 0.416 e. The topological polar surface area (TPSA) is 23.8 Å². The molecule has 2 rings (SSSR count). The highest BCUT2D eigenvalue weighted by Gasteiger charge is 2.30. The van der Waals surface area contributed by atoms with Crippen molar-refractivity contribution in [2.75, 3.05) is 0 Å². The van der Waals surface area contributed by atoms with Crippen LogP contribution < -0.4 is 0 Å². The fourth-order valence-electron chi connectivity index (χ4n) is 1.66. The molecule has 0 saturated heterocycles. The van der Waals surface area contributed by atoms with Crippen LogP contribution >= 0.6 is 0 Å². The summed E-state index contributed by atoms with van der Waals surface area (Å²) in [6.45, 7) is 0. The van der Waals surface area contributed by atoms with Crippen molar-refractivity contribution in [3.63, 3.8) is 0 Å². The smallest absolute Gasteiger partial charge is 0.206 e. The van der Waals surface area contributed by atoms with E-state index in [4.69, 9.17) is 5.26 Å². The first-order chi connectivity index (χ1) is 8.91. The summed E-state index contributed by atoms with van der Waals surface area (Å²) in [5, 5.41) is 8.59. The highest BCUT2D eigenvalue weighted by molar-refractivity contribution is 5.65. The zero-order valence-corrected chi connectivity index (χ0v) is 9.50. The van der Waals surface area contributed by atoms with Crippen molar-refractivity contribution in [1.29, 1.82) is 5.26 Å². The molecule has 0 N–H and O–H groups in total. The van der Waals surface area contributed by atoms with Gasteiger partial charge in [-0.25, -0.2) is 4.39 Å². The maximum absolute atomic E-state index is 13.4. The third-order valence-electron chi connectivity index (χ3n) is 2.61. The van der Waals surface area contributed by atoms with Gasteiger partial charge in [-0.2, -0.15) is 18.4 Å². The summed E-state index contributed by atoms with van der Waals surface area (Å²) in [7, 11) is 0. The van der Waals surface area contributed by atoms with E-state index in [0.717, 1.165) is 18.2 Å². The number of alkyl halides is 3. The van der Waals surface area contributed by atoms with Crippen LogP contribution in [-0.2, 0) is 6.18 Å². The Morgan fingerprint density at radius 2 is 1.63 bits per heavy atom. The zero-order valence-electron chi connectivity index (χ0n) is 9.50. The van der Waals surface area contributed by atoms with Gasteiger partial charge >= 0.3 is 6.18 Å². The first-order valence-corrected chi connectivity index (χ1v) is 5.29. The van der Waals surface area contributed by atoms with E-state index in [2.05, 4.69) is 0 Å². The van der Waals surface area contributed by atoms with Crippen molar-refractivity contribution in [2.45, 2.75) is 6.18 Å². The molecule has 2 aromatic rings. The van der Waals surface area contributed by atoms with E-state index in [-0.39, 0.29) is 11.1 Å². The van der Waals surface area contributed by atoms with Crippen molar-refractivity contribution < 1.29 is 17.6 Å². The Balaban J connectivity index is 2.48. The van der Waals surface area contributed by atoms with Crippen molar-refractivity contribution >= 4 is 0 Å². The average molecular weight is 265 g/mol. The van der Waals surface area contributed by atoms with Gasteiger partial charge in [0.1, 0.15) is 11.9 Å². The standard InChI is InChI=1S/C14H7F4N/c15-13-7-10(4-5-11(13)8-19)9-2-1-3-12(6-9)14(16,17)18/h1-7H. The van der Waals surface area contributed by atoms with Gasteiger partial charge in [-0.15, -0.1) is 0 Å². The second-order valence-corrected chi connectivity index (χ2v) is 3.88. The number of halogens is 4. The van der Waals surface area contributed by atoms with E-state index in [1.807, 2.05) is 0 Å². The zero-order chi connectivity index (χ0) is 14.0. The molecular formula is C14H7F4N. The summed E-state index contributed by atoms with van der Waals surface area (Å²) < 4.78 is 51.1. The van der Waals surface area contributed by atoms with Gasteiger partial charge in [0.05, 0.1) is 11.1 Å². The fraction of sp³-hybridized carbons (Fsp3) is 0.0714. The van der Waals surface area contributed by atoms with Gasteiger partial charge in [0.25, 0.3) is 0 Å². The number of nitrogens with zero attached hydrogens (tertiary/aromatic N) is 1. The molecule has 5 heteroatoms. The van der Waals surface area contributed by atoms with E-state index in [9.17, 15) is 17.6 Å². The minimum absolute atomic E-state index is 0.143. The molecule has 0 saturated carbocycles. The van der Waals surface area contributed by atoms with Crippen molar-refractivity contribution in [1.82, 2.24) is 0 Å². The van der Waals surface area contributed by atoms with Crippen LogP contribution in [0.5, 0.6) is 0 Å². The first-order valence-electron chi connectivity index (χ1n) is 5.29. The lowest BCUT2D eigenvalue weighted by atomic mass is 10.0. The molecular weight excluding hydrogens is 258 g/mol. The molecule has 0 bridgehead atoms. The van der Waals surface area contributed by atoms with Crippen LogP contribution in [0.15, 0.2) is 42.5 Å². The minimum atomic E-state index is -4.44. The van der Waals surface area contributed by atoms with Gasteiger partial charge in [-0.3, -0.25) is 0 Å². The van der Waals surface area contributed by atoms with E-state index in [1.54, 1.807) is 6.07 Å². The number of hydrogen-bond donors (Lipinski definition) is 0. The average Bonchev–Trinajstić information content (AvgIpc) is 2.38. The van der Waals surface area contributed by atoms with Crippen LogP contribution in [0.25, 0.3) is 11.1 Å². The molecule has 0 fully saturated rings. The Hall–Kier alpha value is -2.35. The predicted octanol–water partition coefficient (Wildman–Crippen LogP) is 4.38. The normalized spacial score (nSPS) is 11.1. The molecule has 0 radical (unpaired) electrons. The van der Waals surface area contributed by atoms with E-state index >= 15 is 0 Å². The van der Waals surface area contributed by atoms with E-state index in [1.165, 1.54) is 24.3 Å². The summed E-state index contributed by atoms with van der Waals surface area (Å²) >= 11 is 0. The van der Waals surface area contributed by atoms with Gasteiger partial charge < -0.3 is 0 Å². The van der Waals surface area contributed by atoms with Crippen LogP contribution in [0.4, 0.5) is 17.6 Å². The third-order valence-corrected chi connectivity index (χ3v) is 2.61. The van der Waals surface area contributed by atoms with Gasteiger partial charge in [0.2, 0.25) is 0 Å². The lowest BCUT2D eigenvalue weighted by molar-refractivity contribution is -0.137. The van der Waals surface area contributed by atoms with Crippen molar-refractivity contribution in [3.05, 3.63) is 59.4 Å². The SMILES string of the molecule is N#Cc1ccc(-c2cccc(C(F)(F)F)c2)cc1F. The van der Waals surface area contributed by atoms with E-state index in [0.29, 0.717) is 5.56 Å². The molecule has 0 amide bonds. The molecule has 0 aromatic heterocycles. The van der Waals surface area contributed by atoms with Crippen molar-refractivity contribution in [2.24, 2.45) is 0 Å². The Labute approximate surface area is 106 Å². The highest BCUT2D eigenvalue weighted by Crippen LogP contribution is 2.32. The molecule has 0 atom stereocenters. The Morgan fingerprint density at radius 3 is 2.21 bits per heavy atom. The molecule has 0 unspecified atom stereocenters.